The van der Waals surface area contributed by atoms with E-state index in [0.717, 1.165) is 0 Å². The lowest BCUT2D eigenvalue weighted by Gasteiger charge is -2.15. The molecular weight excluding hydrogens is 263 g/mol. The second-order valence-electron chi connectivity index (χ2n) is 3.31. The Balaban J connectivity index is 0.00000289. The summed E-state index contributed by atoms with van der Waals surface area (Å²) < 4.78 is 23.0. The van der Waals surface area contributed by atoms with Gasteiger partial charge in [-0.1, -0.05) is 6.07 Å². The number of aromatic nitrogens is 1. The summed E-state index contributed by atoms with van der Waals surface area (Å²) in [6, 6.07) is 2.02. The van der Waals surface area contributed by atoms with Crippen LogP contribution in [-0.2, 0) is 9.53 Å². The van der Waals surface area contributed by atoms with Crippen molar-refractivity contribution >= 4 is 18.4 Å². The van der Waals surface area contributed by atoms with Gasteiger partial charge in [0.2, 0.25) is 12.1 Å². The van der Waals surface area contributed by atoms with E-state index in [0.29, 0.717) is 11.4 Å². The fourth-order valence-corrected chi connectivity index (χ4v) is 1.25. The molecule has 0 aliphatic heterocycles. The van der Waals surface area contributed by atoms with Gasteiger partial charge in [0.05, 0.1) is 19.8 Å². The van der Waals surface area contributed by atoms with Crippen LogP contribution in [0.4, 0.5) is 4.39 Å². The molecule has 0 bridgehead atoms. The van der Waals surface area contributed by atoms with Crippen molar-refractivity contribution in [2.75, 3.05) is 13.7 Å². The minimum Gasteiger partial charge on any atom is -0.481 e. The number of hydrogen-bond acceptors (Lipinski definition) is 5. The summed E-state index contributed by atoms with van der Waals surface area (Å²) in [7, 11) is 1.47. The number of halogens is 2. The van der Waals surface area contributed by atoms with Crippen LogP contribution >= 0.6 is 12.4 Å². The highest BCUT2D eigenvalue weighted by Gasteiger charge is 2.27. The Bertz CT molecular complexity index is 375. The number of ether oxygens (including phenoxy) is 2. The van der Waals surface area contributed by atoms with Crippen molar-refractivity contribution < 1.29 is 18.7 Å². The van der Waals surface area contributed by atoms with Crippen molar-refractivity contribution in [2.45, 2.75) is 19.1 Å². The van der Waals surface area contributed by atoms with Gasteiger partial charge in [0.15, 0.2) is 0 Å². The van der Waals surface area contributed by atoms with Crippen LogP contribution < -0.4 is 10.5 Å². The number of carbonyl (C=O) groups is 1. The Kier molecular flexibility index (Phi) is 7.23. The summed E-state index contributed by atoms with van der Waals surface area (Å²) in [6.45, 7) is 1.72. The molecular formula is C11H16ClFN2O3. The molecule has 102 valence electrons. The van der Waals surface area contributed by atoms with Crippen molar-refractivity contribution in [3.63, 3.8) is 0 Å². The van der Waals surface area contributed by atoms with E-state index in [-0.39, 0.29) is 19.0 Å². The summed E-state index contributed by atoms with van der Waals surface area (Å²) in [4.78, 5) is 15.0. The summed E-state index contributed by atoms with van der Waals surface area (Å²) in [5.41, 5.74) is 6.01. The Morgan fingerprint density at radius 3 is 2.67 bits per heavy atom. The lowest BCUT2D eigenvalue weighted by molar-refractivity contribution is -0.149. The van der Waals surface area contributed by atoms with Crippen LogP contribution in [0, 0.1) is 0 Å². The van der Waals surface area contributed by atoms with E-state index in [2.05, 4.69) is 9.72 Å². The van der Waals surface area contributed by atoms with E-state index in [9.17, 15) is 9.18 Å². The molecule has 0 amide bonds. The van der Waals surface area contributed by atoms with Crippen LogP contribution in [0.25, 0.3) is 0 Å². The zero-order chi connectivity index (χ0) is 12.8. The third-order valence-electron chi connectivity index (χ3n) is 2.18. The second kappa shape index (κ2) is 7.84. The van der Waals surface area contributed by atoms with Crippen molar-refractivity contribution in [3.8, 4) is 5.88 Å². The molecule has 0 aliphatic carbocycles. The number of carbonyl (C=O) groups excluding carboxylic acids is 1. The smallest absolute Gasteiger partial charge is 0.342 e. The van der Waals surface area contributed by atoms with E-state index in [1.807, 2.05) is 0 Å². The van der Waals surface area contributed by atoms with Crippen molar-refractivity contribution in [1.82, 2.24) is 4.98 Å². The molecule has 1 unspecified atom stereocenters. The van der Waals surface area contributed by atoms with Crippen LogP contribution in [-0.4, -0.2) is 30.8 Å². The topological polar surface area (TPSA) is 74.4 Å². The van der Waals surface area contributed by atoms with Gasteiger partial charge < -0.3 is 15.2 Å². The molecule has 5 nitrogen and oxygen atoms in total. The molecule has 0 saturated heterocycles. The summed E-state index contributed by atoms with van der Waals surface area (Å²) in [5, 5.41) is 0. The molecule has 2 N–H and O–H groups in total. The van der Waals surface area contributed by atoms with Gasteiger partial charge in [0.25, 0.3) is 0 Å². The van der Waals surface area contributed by atoms with Crippen LogP contribution in [0.15, 0.2) is 18.3 Å². The lowest BCUT2D eigenvalue weighted by Crippen LogP contribution is -2.31. The number of rotatable bonds is 5. The van der Waals surface area contributed by atoms with Gasteiger partial charge in [-0.05, 0) is 12.5 Å². The Hall–Kier alpha value is -1.40. The van der Waals surface area contributed by atoms with Gasteiger partial charge in [-0.25, -0.2) is 14.2 Å². The number of pyridine rings is 1. The molecule has 0 saturated carbocycles. The summed E-state index contributed by atoms with van der Waals surface area (Å²) in [6.07, 6.45) is -0.528. The van der Waals surface area contributed by atoms with Crippen molar-refractivity contribution in [2.24, 2.45) is 5.73 Å². The maximum atomic E-state index is 13.6. The lowest BCUT2D eigenvalue weighted by atomic mass is 10.1. The third kappa shape index (κ3) is 4.12. The Morgan fingerprint density at radius 1 is 1.56 bits per heavy atom. The van der Waals surface area contributed by atoms with Gasteiger partial charge in [-0.3, -0.25) is 0 Å². The maximum absolute atomic E-state index is 13.6. The van der Waals surface area contributed by atoms with Crippen LogP contribution in [0.5, 0.6) is 5.88 Å². The maximum Gasteiger partial charge on any atom is 0.342 e. The molecule has 0 radical (unpaired) electrons. The van der Waals surface area contributed by atoms with Crippen LogP contribution in [0.2, 0.25) is 0 Å². The number of hydrogen-bond donors (Lipinski definition) is 1. The Labute approximate surface area is 111 Å². The van der Waals surface area contributed by atoms with Crippen LogP contribution in [0.1, 0.15) is 18.5 Å². The molecule has 0 aliphatic rings. The fourth-order valence-electron chi connectivity index (χ4n) is 1.25. The molecule has 7 heteroatoms. The highest BCUT2D eigenvalue weighted by Crippen LogP contribution is 2.19. The van der Waals surface area contributed by atoms with E-state index < -0.39 is 18.2 Å². The number of methoxy groups -OCH3 is 1. The van der Waals surface area contributed by atoms with E-state index >= 15 is 0 Å². The van der Waals surface area contributed by atoms with Gasteiger partial charge >= 0.3 is 5.97 Å². The number of nitrogens with two attached hydrogens (primary N) is 1. The average Bonchev–Trinajstić information content (AvgIpc) is 2.37. The molecule has 0 aromatic carbocycles. The third-order valence-corrected chi connectivity index (χ3v) is 2.18. The van der Waals surface area contributed by atoms with E-state index in [4.69, 9.17) is 10.5 Å². The van der Waals surface area contributed by atoms with Crippen LogP contribution in [0.3, 0.4) is 0 Å². The zero-order valence-corrected chi connectivity index (χ0v) is 10.9. The first kappa shape index (κ1) is 16.6. The van der Waals surface area contributed by atoms with E-state index in [1.165, 1.54) is 13.3 Å². The monoisotopic (exact) mass is 278 g/mol. The SMILES string of the molecule is CCOC(=O)C(F)[C@H](N)c1ccc(OC)nc1.Cl. The molecule has 18 heavy (non-hydrogen) atoms. The average molecular weight is 279 g/mol. The molecule has 0 spiro atoms. The highest BCUT2D eigenvalue weighted by molar-refractivity contribution is 5.85. The first-order valence-corrected chi connectivity index (χ1v) is 5.16. The fraction of sp³-hybridized carbons (Fsp3) is 0.455. The quantitative estimate of drug-likeness (QED) is 0.825. The number of alkyl halides is 1. The Morgan fingerprint density at radius 2 is 2.22 bits per heavy atom. The van der Waals surface area contributed by atoms with E-state index in [1.54, 1.807) is 19.1 Å². The van der Waals surface area contributed by atoms with Gasteiger partial charge in [0, 0.05) is 12.3 Å². The minimum absolute atomic E-state index is 0. The van der Waals surface area contributed by atoms with Crippen molar-refractivity contribution in [1.29, 1.82) is 0 Å². The first-order valence-electron chi connectivity index (χ1n) is 5.16. The number of nitrogens with zero attached hydrogens (tertiary/aromatic N) is 1. The van der Waals surface area contributed by atoms with Gasteiger partial charge in [-0.2, -0.15) is 0 Å². The predicted octanol–water partition coefficient (Wildman–Crippen LogP) is 1.41. The minimum atomic E-state index is -1.90. The normalized spacial score (nSPS) is 13.1. The molecule has 1 rings (SSSR count). The molecule has 1 aromatic heterocycles. The summed E-state index contributed by atoms with van der Waals surface area (Å²) >= 11 is 0. The molecule has 0 fully saturated rings. The molecule has 1 aromatic rings. The highest BCUT2D eigenvalue weighted by atomic mass is 35.5. The summed E-state index contributed by atoms with van der Waals surface area (Å²) in [5.74, 6) is -0.566. The standard InChI is InChI=1S/C11H15FN2O3.ClH/c1-3-17-11(15)9(12)10(13)7-4-5-8(16-2)14-6-7;/h4-6,9-10H,3,13H2,1-2H3;1H/t9?,10-;/m1./s1. The molecule has 1 heterocycles. The predicted molar refractivity (Wildman–Crippen MR) is 66.5 cm³/mol. The molecule has 2 atom stereocenters. The number of esters is 1. The largest absolute Gasteiger partial charge is 0.481 e. The van der Waals surface area contributed by atoms with Crippen molar-refractivity contribution in [3.05, 3.63) is 23.9 Å². The first-order chi connectivity index (χ1) is 8.10. The van der Waals surface area contributed by atoms with Gasteiger partial charge in [-0.15, -0.1) is 12.4 Å². The van der Waals surface area contributed by atoms with Gasteiger partial charge in [0.1, 0.15) is 0 Å². The zero-order valence-electron chi connectivity index (χ0n) is 10.1. The second-order valence-corrected chi connectivity index (χ2v) is 3.31.